The van der Waals surface area contributed by atoms with Crippen LogP contribution in [0.3, 0.4) is 0 Å². The van der Waals surface area contributed by atoms with Gasteiger partial charge in [-0.25, -0.2) is 4.21 Å². The van der Waals surface area contributed by atoms with Gasteiger partial charge in [-0.3, -0.25) is 14.7 Å². The highest BCUT2D eigenvalue weighted by atomic mass is 32.2. The largest absolute Gasteiger partial charge is 0.433 e. The maximum atomic E-state index is 12.9. The molecule has 2 atom stereocenters. The molecule has 2 N–H and O–H groups in total. The molecule has 31 heavy (non-hydrogen) atoms. The highest BCUT2D eigenvalue weighted by molar-refractivity contribution is 7.78. The maximum absolute atomic E-state index is 12.9. The second-order valence-corrected chi connectivity index (χ2v) is 7.90. The molecule has 1 saturated heterocycles. The van der Waals surface area contributed by atoms with Gasteiger partial charge in [-0.15, -0.1) is 0 Å². The minimum absolute atomic E-state index is 0.127. The van der Waals surface area contributed by atoms with Crippen LogP contribution in [0.25, 0.3) is 0 Å². The number of carbonyl (C=O) groups is 1. The Bertz CT molecular complexity index is 919. The zero-order valence-corrected chi connectivity index (χ0v) is 17.3. The number of hydrogen-bond donors (Lipinski definition) is 2. The van der Waals surface area contributed by atoms with Crippen LogP contribution in [-0.2, 0) is 27.7 Å². The number of morpholine rings is 1. The van der Waals surface area contributed by atoms with E-state index in [-0.39, 0.29) is 17.9 Å². The van der Waals surface area contributed by atoms with Gasteiger partial charge in [0.05, 0.1) is 25.0 Å². The number of hydrogen-bond acceptors (Lipinski definition) is 5. The summed E-state index contributed by atoms with van der Waals surface area (Å²) >= 11 is -2.10. The van der Waals surface area contributed by atoms with Gasteiger partial charge in [0.2, 0.25) is 0 Å². The first kappa shape index (κ1) is 23.3. The van der Waals surface area contributed by atoms with Gasteiger partial charge in [0, 0.05) is 31.4 Å². The Kier molecular flexibility index (Phi) is 7.76. The average Bonchev–Trinajstić information content (AvgIpc) is 2.74. The molecule has 0 saturated carbocycles. The number of aromatic nitrogens is 1. The number of nitrogens with one attached hydrogen (secondary N) is 1. The van der Waals surface area contributed by atoms with Gasteiger partial charge in [0.1, 0.15) is 5.69 Å². The number of amides is 1. The average molecular weight is 457 g/mol. The first-order valence-corrected chi connectivity index (χ1v) is 10.8. The Balaban J connectivity index is 1.78. The zero-order chi connectivity index (χ0) is 22.4. The van der Waals surface area contributed by atoms with E-state index in [9.17, 15) is 22.2 Å². The molecular weight excluding hydrogens is 435 g/mol. The first-order chi connectivity index (χ1) is 14.8. The van der Waals surface area contributed by atoms with Crippen LogP contribution in [0.2, 0.25) is 0 Å². The third kappa shape index (κ3) is 6.33. The number of benzene rings is 1. The van der Waals surface area contributed by atoms with Crippen LogP contribution >= 0.6 is 0 Å². The summed E-state index contributed by atoms with van der Waals surface area (Å²) < 4.78 is 64.3. The predicted octanol–water partition coefficient (Wildman–Crippen LogP) is 2.63. The molecule has 1 aliphatic rings. The minimum atomic E-state index is -4.53. The fourth-order valence-corrected chi connectivity index (χ4v) is 3.92. The summed E-state index contributed by atoms with van der Waals surface area (Å²) in [6.07, 6.45) is -3.35. The molecule has 2 heterocycles. The molecule has 11 heteroatoms. The fraction of sp³-hybridized carbons (Fsp3) is 0.400. The van der Waals surface area contributed by atoms with Crippen molar-refractivity contribution in [3.63, 3.8) is 0 Å². The third-order valence-electron chi connectivity index (χ3n) is 4.94. The standard InChI is InChI=1S/C20H22F3N3O4S/c21-20(22,23)18-6-5-14(11-24-18)17(26-7-9-30-10-8-26)12-25-19(27)16-4-2-1-3-15(16)13-31(28)29/h1-6,11,17H,7-10,12-13H2,(H,25,27)(H,28,29). The van der Waals surface area contributed by atoms with Crippen LogP contribution in [0.15, 0.2) is 42.6 Å². The van der Waals surface area contributed by atoms with Gasteiger partial charge in [-0.1, -0.05) is 24.3 Å². The number of alkyl halides is 3. The monoisotopic (exact) mass is 457 g/mol. The Labute approximate surface area is 179 Å². The van der Waals surface area contributed by atoms with Crippen molar-refractivity contribution in [2.45, 2.75) is 18.0 Å². The van der Waals surface area contributed by atoms with Crippen molar-refractivity contribution < 1.29 is 31.5 Å². The van der Waals surface area contributed by atoms with Gasteiger partial charge in [-0.2, -0.15) is 13.2 Å². The first-order valence-electron chi connectivity index (χ1n) is 9.54. The summed E-state index contributed by atoms with van der Waals surface area (Å²) in [5.41, 5.74) is 0.267. The van der Waals surface area contributed by atoms with Crippen molar-refractivity contribution in [2.24, 2.45) is 0 Å². The number of carbonyl (C=O) groups excluding carboxylic acids is 1. The Morgan fingerprint density at radius 2 is 1.94 bits per heavy atom. The van der Waals surface area contributed by atoms with Gasteiger partial charge in [0.25, 0.3) is 5.91 Å². The lowest BCUT2D eigenvalue weighted by Gasteiger charge is -2.34. The lowest BCUT2D eigenvalue weighted by Crippen LogP contribution is -2.44. The highest BCUT2D eigenvalue weighted by Gasteiger charge is 2.33. The van der Waals surface area contributed by atoms with Crippen LogP contribution in [0.1, 0.15) is 33.2 Å². The van der Waals surface area contributed by atoms with Crippen LogP contribution in [0, 0.1) is 0 Å². The quantitative estimate of drug-likeness (QED) is 0.622. The normalized spacial score (nSPS) is 17.2. The second kappa shape index (κ2) is 10.3. The van der Waals surface area contributed by atoms with E-state index in [0.717, 1.165) is 6.07 Å². The topological polar surface area (TPSA) is 91.8 Å². The van der Waals surface area contributed by atoms with E-state index in [1.165, 1.54) is 12.3 Å². The Morgan fingerprint density at radius 1 is 1.23 bits per heavy atom. The maximum Gasteiger partial charge on any atom is 0.433 e. The Hall–Kier alpha value is -2.34. The van der Waals surface area contributed by atoms with E-state index in [2.05, 4.69) is 10.3 Å². The number of pyridine rings is 1. The van der Waals surface area contributed by atoms with Crippen molar-refractivity contribution in [1.29, 1.82) is 0 Å². The summed E-state index contributed by atoms with van der Waals surface area (Å²) in [5.74, 6) is -0.613. The summed E-state index contributed by atoms with van der Waals surface area (Å²) in [6.45, 7) is 2.19. The minimum Gasteiger partial charge on any atom is -0.379 e. The van der Waals surface area contributed by atoms with Crippen LogP contribution in [-0.4, -0.2) is 57.4 Å². The number of ether oxygens (including phenoxy) is 1. The molecule has 0 spiro atoms. The summed E-state index contributed by atoms with van der Waals surface area (Å²) in [6, 6.07) is 8.37. The van der Waals surface area contributed by atoms with Gasteiger partial charge in [-0.05, 0) is 23.3 Å². The molecule has 2 unspecified atom stereocenters. The zero-order valence-electron chi connectivity index (χ0n) is 16.5. The van der Waals surface area contributed by atoms with E-state index >= 15 is 0 Å². The fourth-order valence-electron chi connectivity index (χ4n) is 3.40. The van der Waals surface area contributed by atoms with E-state index in [4.69, 9.17) is 9.29 Å². The predicted molar refractivity (Wildman–Crippen MR) is 108 cm³/mol. The lowest BCUT2D eigenvalue weighted by molar-refractivity contribution is -0.141. The van der Waals surface area contributed by atoms with Crippen molar-refractivity contribution >= 4 is 17.0 Å². The van der Waals surface area contributed by atoms with Crippen molar-refractivity contribution in [1.82, 2.24) is 15.2 Å². The number of nitrogens with zero attached hydrogens (tertiary/aromatic N) is 2. The van der Waals surface area contributed by atoms with E-state index in [1.807, 2.05) is 4.90 Å². The molecular formula is C20H22F3N3O4S. The van der Waals surface area contributed by atoms with E-state index in [0.29, 0.717) is 37.4 Å². The molecule has 7 nitrogen and oxygen atoms in total. The number of rotatable bonds is 7. The van der Waals surface area contributed by atoms with Crippen LogP contribution in [0.4, 0.5) is 13.2 Å². The van der Waals surface area contributed by atoms with E-state index in [1.54, 1.807) is 24.3 Å². The molecule has 2 aromatic rings. The van der Waals surface area contributed by atoms with Gasteiger partial charge < -0.3 is 14.6 Å². The number of halogens is 3. The highest BCUT2D eigenvalue weighted by Crippen LogP contribution is 2.29. The summed E-state index contributed by atoms with van der Waals surface area (Å²) in [7, 11) is 0. The smallest absolute Gasteiger partial charge is 0.379 e. The molecule has 1 aromatic carbocycles. The van der Waals surface area contributed by atoms with Crippen LogP contribution < -0.4 is 5.32 Å². The lowest BCUT2D eigenvalue weighted by atomic mass is 10.0. The molecule has 1 fully saturated rings. The molecule has 1 aliphatic heterocycles. The van der Waals surface area contributed by atoms with Crippen molar-refractivity contribution in [2.75, 3.05) is 32.8 Å². The van der Waals surface area contributed by atoms with Gasteiger partial charge in [0.15, 0.2) is 11.1 Å². The SMILES string of the molecule is O=C(NCC(c1ccc(C(F)(F)F)nc1)N1CCOCC1)c1ccccc1CS(=O)O. The Morgan fingerprint density at radius 3 is 2.55 bits per heavy atom. The molecule has 0 bridgehead atoms. The van der Waals surface area contributed by atoms with Crippen LogP contribution in [0.5, 0.6) is 0 Å². The third-order valence-corrected chi connectivity index (χ3v) is 5.50. The molecule has 3 rings (SSSR count). The van der Waals surface area contributed by atoms with E-state index < -0.39 is 34.9 Å². The molecule has 1 amide bonds. The summed E-state index contributed by atoms with van der Waals surface area (Å²) in [5, 5.41) is 2.80. The molecule has 1 aromatic heterocycles. The second-order valence-electron chi connectivity index (χ2n) is 6.97. The summed E-state index contributed by atoms with van der Waals surface area (Å²) in [4.78, 5) is 18.3. The van der Waals surface area contributed by atoms with Gasteiger partial charge >= 0.3 is 6.18 Å². The molecule has 0 aliphatic carbocycles. The molecule has 168 valence electrons. The van der Waals surface area contributed by atoms with Crippen molar-refractivity contribution in [3.05, 3.63) is 65.0 Å². The van der Waals surface area contributed by atoms with Crippen molar-refractivity contribution in [3.8, 4) is 0 Å². The molecule has 0 radical (unpaired) electrons.